The van der Waals surface area contributed by atoms with E-state index in [2.05, 4.69) is 54.1 Å². The molecule has 3 rings (SSSR count). The largest absolute Gasteiger partial charge is 0.360 e. The Balaban J connectivity index is 2.19. The standard InChI is InChI=1S/C16H16N2/c1-11(2)13-5-3-4-6-14(13)12-9-16-15(18-10-12)7-8-17-16/h3-11,17H,1-2H3. The number of pyridine rings is 1. The Morgan fingerprint density at radius 3 is 2.78 bits per heavy atom. The van der Waals surface area contributed by atoms with Crippen LogP contribution in [-0.2, 0) is 0 Å². The van der Waals surface area contributed by atoms with Gasteiger partial charge >= 0.3 is 0 Å². The van der Waals surface area contributed by atoms with Gasteiger partial charge in [0.2, 0.25) is 0 Å². The quantitative estimate of drug-likeness (QED) is 0.704. The lowest BCUT2D eigenvalue weighted by atomic mass is 9.93. The Kier molecular flexibility index (Phi) is 2.63. The SMILES string of the molecule is CC(C)c1ccccc1-c1cnc2cc[nH]c2c1. The molecule has 18 heavy (non-hydrogen) atoms. The molecule has 0 aliphatic carbocycles. The maximum Gasteiger partial charge on any atom is 0.0879 e. The maximum atomic E-state index is 4.49. The number of hydrogen-bond acceptors (Lipinski definition) is 1. The molecule has 0 saturated carbocycles. The van der Waals surface area contributed by atoms with E-state index in [1.54, 1.807) is 0 Å². The number of hydrogen-bond donors (Lipinski definition) is 1. The van der Waals surface area contributed by atoms with E-state index in [9.17, 15) is 0 Å². The zero-order valence-corrected chi connectivity index (χ0v) is 10.6. The molecule has 0 bridgehead atoms. The van der Waals surface area contributed by atoms with Crippen molar-refractivity contribution in [1.29, 1.82) is 0 Å². The van der Waals surface area contributed by atoms with Crippen LogP contribution in [0.2, 0.25) is 0 Å². The minimum Gasteiger partial charge on any atom is -0.360 e. The highest BCUT2D eigenvalue weighted by molar-refractivity contribution is 5.81. The van der Waals surface area contributed by atoms with Crippen molar-refractivity contribution in [2.75, 3.05) is 0 Å². The monoisotopic (exact) mass is 236 g/mol. The molecule has 0 atom stereocenters. The van der Waals surface area contributed by atoms with E-state index < -0.39 is 0 Å². The van der Waals surface area contributed by atoms with Gasteiger partial charge in [-0.2, -0.15) is 0 Å². The second kappa shape index (κ2) is 4.30. The molecule has 0 saturated heterocycles. The number of nitrogens with zero attached hydrogens (tertiary/aromatic N) is 1. The minimum atomic E-state index is 0.514. The fourth-order valence-corrected chi connectivity index (χ4v) is 2.34. The Hall–Kier alpha value is -2.09. The molecule has 1 aromatic carbocycles. The van der Waals surface area contributed by atoms with Gasteiger partial charge in [0, 0.05) is 18.0 Å². The van der Waals surface area contributed by atoms with Crippen LogP contribution in [0.25, 0.3) is 22.2 Å². The molecule has 3 aromatic rings. The van der Waals surface area contributed by atoms with Gasteiger partial charge in [-0.15, -0.1) is 0 Å². The van der Waals surface area contributed by atoms with E-state index in [0.29, 0.717) is 5.92 Å². The Morgan fingerprint density at radius 1 is 1.11 bits per heavy atom. The van der Waals surface area contributed by atoms with Crippen LogP contribution in [0.4, 0.5) is 0 Å². The summed E-state index contributed by atoms with van der Waals surface area (Å²) in [6.45, 7) is 4.44. The van der Waals surface area contributed by atoms with Gasteiger partial charge in [0.15, 0.2) is 0 Å². The molecule has 0 amide bonds. The Bertz CT molecular complexity index is 680. The van der Waals surface area contributed by atoms with Crippen molar-refractivity contribution in [2.45, 2.75) is 19.8 Å². The van der Waals surface area contributed by atoms with Gasteiger partial charge in [-0.3, -0.25) is 4.98 Å². The summed E-state index contributed by atoms with van der Waals surface area (Å²) >= 11 is 0. The lowest BCUT2D eigenvalue weighted by molar-refractivity contribution is 0.869. The molecule has 2 heteroatoms. The Morgan fingerprint density at radius 2 is 1.94 bits per heavy atom. The molecule has 0 aliphatic heterocycles. The first-order valence-corrected chi connectivity index (χ1v) is 6.28. The van der Waals surface area contributed by atoms with E-state index in [1.807, 2.05) is 18.5 Å². The number of nitrogens with one attached hydrogen (secondary N) is 1. The van der Waals surface area contributed by atoms with Gasteiger partial charge in [0.05, 0.1) is 11.0 Å². The van der Waals surface area contributed by atoms with Crippen molar-refractivity contribution in [3.63, 3.8) is 0 Å². The van der Waals surface area contributed by atoms with E-state index >= 15 is 0 Å². The van der Waals surface area contributed by atoms with Crippen molar-refractivity contribution in [3.05, 3.63) is 54.4 Å². The molecule has 0 fully saturated rings. The summed E-state index contributed by atoms with van der Waals surface area (Å²) in [7, 11) is 0. The summed E-state index contributed by atoms with van der Waals surface area (Å²) in [5, 5.41) is 0. The molecule has 2 nitrogen and oxygen atoms in total. The van der Waals surface area contributed by atoms with Gasteiger partial charge < -0.3 is 4.98 Å². The van der Waals surface area contributed by atoms with Crippen LogP contribution in [0.3, 0.4) is 0 Å². The molecular weight excluding hydrogens is 220 g/mol. The number of fused-ring (bicyclic) bond motifs is 1. The van der Waals surface area contributed by atoms with E-state index in [4.69, 9.17) is 0 Å². The van der Waals surface area contributed by atoms with Gasteiger partial charge in [-0.05, 0) is 29.2 Å². The van der Waals surface area contributed by atoms with Crippen molar-refractivity contribution in [3.8, 4) is 11.1 Å². The first kappa shape index (κ1) is 11.0. The average molecular weight is 236 g/mol. The third-order valence-corrected chi connectivity index (χ3v) is 3.29. The molecule has 0 spiro atoms. The van der Waals surface area contributed by atoms with Crippen molar-refractivity contribution in [1.82, 2.24) is 9.97 Å². The van der Waals surface area contributed by atoms with Crippen LogP contribution in [0.1, 0.15) is 25.3 Å². The van der Waals surface area contributed by atoms with Crippen LogP contribution in [0.15, 0.2) is 48.8 Å². The highest BCUT2D eigenvalue weighted by Crippen LogP contribution is 2.29. The number of H-pyrrole nitrogens is 1. The highest BCUT2D eigenvalue weighted by atomic mass is 14.7. The third kappa shape index (κ3) is 1.80. The minimum absolute atomic E-state index is 0.514. The normalized spacial score (nSPS) is 11.3. The summed E-state index contributed by atoms with van der Waals surface area (Å²) in [6.07, 6.45) is 3.88. The second-order valence-corrected chi connectivity index (χ2v) is 4.88. The Labute approximate surface area is 107 Å². The van der Waals surface area contributed by atoms with Crippen LogP contribution < -0.4 is 0 Å². The number of rotatable bonds is 2. The summed E-state index contributed by atoms with van der Waals surface area (Å²) in [5.74, 6) is 0.514. The van der Waals surface area contributed by atoms with Crippen molar-refractivity contribution >= 4 is 11.0 Å². The second-order valence-electron chi connectivity index (χ2n) is 4.88. The number of benzene rings is 1. The topological polar surface area (TPSA) is 28.7 Å². The first-order chi connectivity index (χ1) is 8.75. The lowest BCUT2D eigenvalue weighted by Gasteiger charge is -2.12. The van der Waals surface area contributed by atoms with E-state index in [-0.39, 0.29) is 0 Å². The molecule has 90 valence electrons. The smallest absolute Gasteiger partial charge is 0.0879 e. The molecule has 0 unspecified atom stereocenters. The van der Waals surface area contributed by atoms with Crippen molar-refractivity contribution < 1.29 is 0 Å². The summed E-state index contributed by atoms with van der Waals surface area (Å²) in [4.78, 5) is 7.70. The van der Waals surface area contributed by atoms with Gasteiger partial charge in [0.25, 0.3) is 0 Å². The molecule has 0 radical (unpaired) electrons. The zero-order chi connectivity index (χ0) is 12.5. The number of aromatic nitrogens is 2. The molecule has 1 N–H and O–H groups in total. The zero-order valence-electron chi connectivity index (χ0n) is 10.6. The van der Waals surface area contributed by atoms with E-state index in [1.165, 1.54) is 16.7 Å². The highest BCUT2D eigenvalue weighted by Gasteiger charge is 2.08. The van der Waals surface area contributed by atoms with Crippen molar-refractivity contribution in [2.24, 2.45) is 0 Å². The molecular formula is C16H16N2. The van der Waals surface area contributed by atoms with Crippen LogP contribution >= 0.6 is 0 Å². The fourth-order valence-electron chi connectivity index (χ4n) is 2.34. The fraction of sp³-hybridized carbons (Fsp3) is 0.188. The molecule has 2 aromatic heterocycles. The predicted molar refractivity (Wildman–Crippen MR) is 75.6 cm³/mol. The molecule has 0 aliphatic rings. The van der Waals surface area contributed by atoms with Crippen LogP contribution in [0, 0.1) is 0 Å². The number of aromatic amines is 1. The van der Waals surface area contributed by atoms with Gasteiger partial charge in [0.1, 0.15) is 0 Å². The maximum absolute atomic E-state index is 4.49. The third-order valence-electron chi connectivity index (χ3n) is 3.29. The van der Waals surface area contributed by atoms with Gasteiger partial charge in [-0.1, -0.05) is 38.1 Å². The van der Waals surface area contributed by atoms with E-state index in [0.717, 1.165) is 11.0 Å². The molecule has 2 heterocycles. The average Bonchev–Trinajstić information content (AvgIpc) is 2.85. The van der Waals surface area contributed by atoms with Gasteiger partial charge in [-0.25, -0.2) is 0 Å². The summed E-state index contributed by atoms with van der Waals surface area (Å²) in [5.41, 5.74) is 5.92. The summed E-state index contributed by atoms with van der Waals surface area (Å²) < 4.78 is 0. The lowest BCUT2D eigenvalue weighted by Crippen LogP contribution is -1.92. The first-order valence-electron chi connectivity index (χ1n) is 6.28. The predicted octanol–water partition coefficient (Wildman–Crippen LogP) is 4.35. The summed E-state index contributed by atoms with van der Waals surface area (Å²) in [6, 6.07) is 12.7. The van der Waals surface area contributed by atoms with Crippen LogP contribution in [-0.4, -0.2) is 9.97 Å². The van der Waals surface area contributed by atoms with Crippen LogP contribution in [0.5, 0.6) is 0 Å².